The second-order valence-electron chi connectivity index (χ2n) is 4.26. The Kier molecular flexibility index (Phi) is 5.93. The van der Waals surface area contributed by atoms with Crippen molar-refractivity contribution in [2.45, 2.75) is 0 Å². The van der Waals surface area contributed by atoms with Gasteiger partial charge in [0.1, 0.15) is 12.0 Å². The number of carbonyl (C=O) groups excluding carboxylic acids is 2. The zero-order valence-electron chi connectivity index (χ0n) is 12.1. The topological polar surface area (TPSA) is 90.7 Å². The number of nitrogens with zero attached hydrogens (tertiary/aromatic N) is 1. The van der Waals surface area contributed by atoms with Crippen molar-refractivity contribution >= 4 is 39.7 Å². The number of ether oxygens (including phenoxy) is 2. The summed E-state index contributed by atoms with van der Waals surface area (Å²) in [6.45, 7) is -0.425. The lowest BCUT2D eigenvalue weighted by molar-refractivity contribution is -0.142. The number of carbonyl (C=O) groups is 2. The van der Waals surface area contributed by atoms with Crippen LogP contribution in [0.1, 0.15) is 5.56 Å². The van der Waals surface area contributed by atoms with E-state index in [-0.39, 0.29) is 5.82 Å². The van der Waals surface area contributed by atoms with Crippen LogP contribution in [0.15, 0.2) is 45.6 Å². The molecule has 0 aliphatic heterocycles. The first kappa shape index (κ1) is 16.8. The molecule has 0 spiro atoms. The lowest BCUT2D eigenvalue weighted by Crippen LogP contribution is -2.20. The Morgan fingerprint density at radius 3 is 2.91 bits per heavy atom. The average Bonchev–Trinajstić information content (AvgIpc) is 3.04. The van der Waals surface area contributed by atoms with Crippen LogP contribution in [-0.4, -0.2) is 30.7 Å². The fourth-order valence-electron chi connectivity index (χ4n) is 1.63. The molecule has 23 heavy (non-hydrogen) atoms. The van der Waals surface area contributed by atoms with E-state index in [2.05, 4.69) is 30.9 Å². The molecule has 8 heteroatoms. The summed E-state index contributed by atoms with van der Waals surface area (Å²) < 4.78 is 15.4. The Morgan fingerprint density at radius 2 is 2.22 bits per heavy atom. The van der Waals surface area contributed by atoms with Crippen molar-refractivity contribution in [1.82, 2.24) is 5.16 Å². The normalized spacial score (nSPS) is 10.5. The Morgan fingerprint density at radius 1 is 1.39 bits per heavy atom. The van der Waals surface area contributed by atoms with Gasteiger partial charge in [-0.05, 0) is 24.3 Å². The molecule has 1 heterocycles. The Bertz CT molecular complexity index is 713. The third kappa shape index (κ3) is 5.26. The summed E-state index contributed by atoms with van der Waals surface area (Å²) in [6, 6.07) is 6.85. The SMILES string of the molecule is COc1ccc(Br)cc1/C=C/C(=O)OCC(=O)Nc1ccon1. The summed E-state index contributed by atoms with van der Waals surface area (Å²) in [6.07, 6.45) is 4.07. The van der Waals surface area contributed by atoms with Crippen LogP contribution in [0.25, 0.3) is 6.08 Å². The molecule has 120 valence electrons. The van der Waals surface area contributed by atoms with Crippen molar-refractivity contribution in [1.29, 1.82) is 0 Å². The number of rotatable bonds is 6. The molecule has 0 saturated carbocycles. The number of amides is 1. The van der Waals surface area contributed by atoms with Crippen molar-refractivity contribution in [3.05, 3.63) is 46.6 Å². The maximum atomic E-state index is 11.6. The fraction of sp³-hybridized carbons (Fsp3) is 0.133. The smallest absolute Gasteiger partial charge is 0.331 e. The monoisotopic (exact) mass is 380 g/mol. The van der Waals surface area contributed by atoms with Gasteiger partial charge in [0.2, 0.25) is 0 Å². The first-order valence-corrected chi connectivity index (χ1v) is 7.26. The van der Waals surface area contributed by atoms with Gasteiger partial charge < -0.3 is 19.3 Å². The van der Waals surface area contributed by atoms with E-state index in [1.807, 2.05) is 6.07 Å². The summed E-state index contributed by atoms with van der Waals surface area (Å²) in [5.41, 5.74) is 0.700. The molecule has 1 aromatic carbocycles. The number of aromatic nitrogens is 1. The van der Waals surface area contributed by atoms with Crippen molar-refractivity contribution < 1.29 is 23.6 Å². The van der Waals surface area contributed by atoms with Crippen LogP contribution in [0.3, 0.4) is 0 Å². The van der Waals surface area contributed by atoms with Crippen molar-refractivity contribution in [3.8, 4) is 5.75 Å². The lowest BCUT2D eigenvalue weighted by atomic mass is 10.2. The summed E-state index contributed by atoms with van der Waals surface area (Å²) in [4.78, 5) is 23.1. The molecule has 0 bridgehead atoms. The molecule has 0 aliphatic rings. The molecule has 0 atom stereocenters. The average molecular weight is 381 g/mol. The van der Waals surface area contributed by atoms with Crippen LogP contribution in [0.2, 0.25) is 0 Å². The zero-order valence-corrected chi connectivity index (χ0v) is 13.7. The highest BCUT2D eigenvalue weighted by atomic mass is 79.9. The molecule has 2 aromatic rings. The number of hydrogen-bond acceptors (Lipinski definition) is 6. The van der Waals surface area contributed by atoms with Crippen LogP contribution in [0.4, 0.5) is 5.82 Å². The van der Waals surface area contributed by atoms with E-state index in [0.29, 0.717) is 11.3 Å². The molecule has 1 aromatic heterocycles. The Labute approximate surface area is 140 Å². The number of esters is 1. The zero-order chi connectivity index (χ0) is 16.7. The van der Waals surface area contributed by atoms with E-state index in [4.69, 9.17) is 9.47 Å². The van der Waals surface area contributed by atoms with Gasteiger partial charge in [0.25, 0.3) is 5.91 Å². The van der Waals surface area contributed by atoms with E-state index in [9.17, 15) is 9.59 Å². The van der Waals surface area contributed by atoms with Crippen LogP contribution >= 0.6 is 15.9 Å². The number of nitrogens with one attached hydrogen (secondary N) is 1. The van der Waals surface area contributed by atoms with Crippen molar-refractivity contribution in [2.24, 2.45) is 0 Å². The van der Waals surface area contributed by atoms with E-state index in [0.717, 1.165) is 4.47 Å². The van der Waals surface area contributed by atoms with Crippen molar-refractivity contribution in [3.63, 3.8) is 0 Å². The second-order valence-corrected chi connectivity index (χ2v) is 5.18. The molecule has 0 aliphatic carbocycles. The summed E-state index contributed by atoms with van der Waals surface area (Å²) in [5.74, 6) is -0.301. The van der Waals surface area contributed by atoms with Gasteiger partial charge in [-0.25, -0.2) is 4.79 Å². The van der Waals surface area contributed by atoms with Crippen molar-refractivity contribution in [2.75, 3.05) is 19.0 Å². The van der Waals surface area contributed by atoms with Gasteiger partial charge in [0.15, 0.2) is 12.4 Å². The molecule has 1 N–H and O–H groups in total. The lowest BCUT2D eigenvalue weighted by Gasteiger charge is -2.05. The molecule has 7 nitrogen and oxygen atoms in total. The third-order valence-electron chi connectivity index (χ3n) is 2.64. The van der Waals surface area contributed by atoms with E-state index < -0.39 is 18.5 Å². The largest absolute Gasteiger partial charge is 0.496 e. The molecule has 1 amide bonds. The van der Waals surface area contributed by atoms with E-state index >= 15 is 0 Å². The molecule has 0 unspecified atom stereocenters. The Hall–Kier alpha value is -2.61. The minimum absolute atomic E-state index is 0.250. The first-order valence-electron chi connectivity index (χ1n) is 6.47. The predicted octanol–water partition coefficient (Wildman–Crippen LogP) is 2.64. The first-order chi connectivity index (χ1) is 11.1. The molecule has 0 fully saturated rings. The highest BCUT2D eigenvalue weighted by Crippen LogP contribution is 2.24. The molecule has 0 saturated heterocycles. The minimum Gasteiger partial charge on any atom is -0.496 e. The predicted molar refractivity (Wildman–Crippen MR) is 85.8 cm³/mol. The van der Waals surface area contributed by atoms with Crippen LogP contribution < -0.4 is 10.1 Å². The standard InChI is InChI=1S/C15H13BrN2O5/c1-21-12-4-3-11(16)8-10(12)2-5-15(20)22-9-14(19)17-13-6-7-23-18-13/h2-8H,9H2,1H3,(H,17,18,19)/b5-2+. The van der Waals surface area contributed by atoms with Crippen LogP contribution in [-0.2, 0) is 14.3 Å². The second kappa shape index (κ2) is 8.14. The van der Waals surface area contributed by atoms with Gasteiger partial charge in [-0.1, -0.05) is 21.1 Å². The highest BCUT2D eigenvalue weighted by molar-refractivity contribution is 9.10. The maximum Gasteiger partial charge on any atom is 0.331 e. The number of methoxy groups -OCH3 is 1. The van der Waals surface area contributed by atoms with Gasteiger partial charge in [0.05, 0.1) is 7.11 Å². The summed E-state index contributed by atoms with van der Waals surface area (Å²) in [5, 5.41) is 5.91. The number of benzene rings is 1. The van der Waals surface area contributed by atoms with Crippen LogP contribution in [0, 0.1) is 0 Å². The fourth-order valence-corrected chi connectivity index (χ4v) is 2.01. The summed E-state index contributed by atoms with van der Waals surface area (Å²) >= 11 is 3.34. The highest BCUT2D eigenvalue weighted by Gasteiger charge is 2.07. The quantitative estimate of drug-likeness (QED) is 0.611. The van der Waals surface area contributed by atoms with E-state index in [1.165, 1.54) is 25.5 Å². The number of hydrogen-bond donors (Lipinski definition) is 1. The number of anilines is 1. The van der Waals surface area contributed by atoms with Crippen LogP contribution in [0.5, 0.6) is 5.75 Å². The third-order valence-corrected chi connectivity index (χ3v) is 3.13. The van der Waals surface area contributed by atoms with Gasteiger partial charge in [-0.15, -0.1) is 0 Å². The minimum atomic E-state index is -0.651. The van der Waals surface area contributed by atoms with Gasteiger partial charge in [-0.2, -0.15) is 0 Å². The Balaban J connectivity index is 1.87. The van der Waals surface area contributed by atoms with E-state index in [1.54, 1.807) is 18.2 Å². The van der Waals surface area contributed by atoms with Gasteiger partial charge in [-0.3, -0.25) is 4.79 Å². The van der Waals surface area contributed by atoms with Gasteiger partial charge >= 0.3 is 5.97 Å². The maximum absolute atomic E-state index is 11.6. The molecule has 0 radical (unpaired) electrons. The molecule has 2 rings (SSSR count). The van der Waals surface area contributed by atoms with Gasteiger partial charge in [0, 0.05) is 22.2 Å². The number of halogens is 1. The summed E-state index contributed by atoms with van der Waals surface area (Å²) in [7, 11) is 1.53. The molecular weight excluding hydrogens is 368 g/mol. The molecular formula is C15H13BrN2O5.